The fraction of sp³-hybridized carbons (Fsp3) is 0.556. The zero-order chi connectivity index (χ0) is 29.4. The summed E-state index contributed by atoms with van der Waals surface area (Å²) in [7, 11) is -5.22. The Morgan fingerprint density at radius 2 is 0.895 bits per heavy atom. The molecule has 0 bridgehead atoms. The molecule has 0 aromatic heterocycles. The number of aliphatic hydroxyl groups excluding tert-OH is 3. The van der Waals surface area contributed by atoms with Crippen molar-refractivity contribution in [1.82, 2.24) is 0 Å². The molecule has 0 aliphatic rings. The van der Waals surface area contributed by atoms with E-state index < -0.39 is 48.0 Å². The minimum atomic E-state index is -2.61. The third-order valence-corrected chi connectivity index (χ3v) is 8.85. The van der Waals surface area contributed by atoms with Crippen LogP contribution in [0.3, 0.4) is 0 Å². The van der Waals surface area contributed by atoms with Gasteiger partial charge in [-0.15, -0.1) is 0 Å². The highest BCUT2D eigenvalue weighted by Gasteiger charge is 2.55. The van der Waals surface area contributed by atoms with Gasteiger partial charge in [0.25, 0.3) is 0 Å². The van der Waals surface area contributed by atoms with Gasteiger partial charge in [-0.25, -0.2) is 4.31 Å². The van der Waals surface area contributed by atoms with Crippen LogP contribution in [0.5, 0.6) is 0 Å². The monoisotopic (exact) mass is 574 g/mol. The maximum Gasteiger partial charge on any atom is 0.334 e. The Labute approximate surface area is 228 Å². The van der Waals surface area contributed by atoms with Crippen molar-refractivity contribution in [1.29, 1.82) is 0 Å². The van der Waals surface area contributed by atoms with E-state index >= 15 is 0 Å². The molecule has 0 fully saturated rings. The van der Waals surface area contributed by atoms with E-state index in [-0.39, 0.29) is 10.8 Å². The number of hydrogen-bond donors (Lipinski definition) is 8. The molecule has 2 rings (SSSR count). The highest BCUT2D eigenvalue weighted by atomic mass is 31.2. The molecule has 38 heavy (non-hydrogen) atoms. The van der Waals surface area contributed by atoms with Gasteiger partial charge in [0.05, 0.1) is 25.2 Å². The second-order valence-electron chi connectivity index (χ2n) is 10.6. The first-order valence-electron chi connectivity index (χ1n) is 12.4. The quantitative estimate of drug-likeness (QED) is 0.176. The Morgan fingerprint density at radius 1 is 0.605 bits per heavy atom. The summed E-state index contributed by atoms with van der Waals surface area (Å²) in [4.78, 5) is 31.3. The van der Waals surface area contributed by atoms with Gasteiger partial charge in [0.1, 0.15) is 5.60 Å². The van der Waals surface area contributed by atoms with Crippen molar-refractivity contribution in [3.8, 4) is 0 Å². The summed E-state index contributed by atoms with van der Waals surface area (Å²) in [5, 5.41) is 44.0. The normalized spacial score (nSPS) is 13.1. The summed E-state index contributed by atoms with van der Waals surface area (Å²) in [5.74, 6) is 0. The van der Waals surface area contributed by atoms with Crippen molar-refractivity contribution < 1.29 is 44.3 Å². The highest BCUT2D eigenvalue weighted by molar-refractivity contribution is 7.53. The van der Waals surface area contributed by atoms with Crippen LogP contribution < -0.4 is 0 Å². The molecule has 0 heterocycles. The molecule has 0 unspecified atom stereocenters. The molecule has 2 aromatic carbocycles. The average molecular weight is 575 g/mol. The lowest BCUT2D eigenvalue weighted by atomic mass is 9.60. The second kappa shape index (κ2) is 14.5. The average Bonchev–Trinajstić information content (AvgIpc) is 2.89. The van der Waals surface area contributed by atoms with E-state index in [0.717, 1.165) is 24.0 Å². The molecule has 0 aliphatic carbocycles. The highest BCUT2D eigenvalue weighted by Crippen LogP contribution is 2.51. The summed E-state index contributed by atoms with van der Waals surface area (Å²) in [5.41, 5.74) is -0.813. The summed E-state index contributed by atoms with van der Waals surface area (Å²) in [6, 6.07) is 15.3. The van der Waals surface area contributed by atoms with Crippen molar-refractivity contribution in [2.24, 2.45) is 5.41 Å². The number of hydrogen-bond acceptors (Lipinski definition) is 9. The van der Waals surface area contributed by atoms with Crippen LogP contribution in [0.2, 0.25) is 0 Å². The van der Waals surface area contributed by atoms with E-state index in [0.29, 0.717) is 11.1 Å². The van der Waals surface area contributed by atoms with E-state index in [4.69, 9.17) is 19.6 Å². The van der Waals surface area contributed by atoms with E-state index in [9.17, 15) is 20.4 Å². The lowest BCUT2D eigenvalue weighted by molar-refractivity contribution is -0.137. The van der Waals surface area contributed by atoms with E-state index in [1.54, 1.807) is 0 Å². The number of benzene rings is 2. The molecule has 11 heteroatoms. The molecule has 9 nitrogen and oxygen atoms in total. The van der Waals surface area contributed by atoms with Gasteiger partial charge in [-0.05, 0) is 45.9 Å². The van der Waals surface area contributed by atoms with Crippen LogP contribution >= 0.6 is 17.2 Å². The number of rotatable bonds is 12. The molecule has 2 aromatic rings. The second-order valence-corrected chi connectivity index (χ2v) is 12.3. The first kappa shape index (κ1) is 35.0. The van der Waals surface area contributed by atoms with Gasteiger partial charge in [-0.3, -0.25) is 0 Å². The van der Waals surface area contributed by atoms with Crippen LogP contribution in [-0.2, 0) is 20.7 Å². The molecule has 0 aliphatic heterocycles. The van der Waals surface area contributed by atoms with Crippen LogP contribution in [0.4, 0.5) is 0 Å². The largest absolute Gasteiger partial charge is 0.395 e. The minimum Gasteiger partial charge on any atom is -0.395 e. The molecule has 8 N–H and O–H groups in total. The van der Waals surface area contributed by atoms with Crippen molar-refractivity contribution >= 4 is 17.2 Å². The van der Waals surface area contributed by atoms with E-state index in [1.165, 1.54) is 0 Å². The Balaban J connectivity index is 0.000000905. The van der Waals surface area contributed by atoms with Crippen molar-refractivity contribution in [2.45, 2.75) is 70.8 Å². The molecular formula is C27H44O9P2. The van der Waals surface area contributed by atoms with Gasteiger partial charge in [-0.2, -0.15) is 0 Å². The van der Waals surface area contributed by atoms with E-state index in [1.807, 2.05) is 48.5 Å². The van der Waals surface area contributed by atoms with Gasteiger partial charge < -0.3 is 40.0 Å². The molecule has 0 radical (unpaired) electrons. The SMILES string of the molecule is CCC(C)(C)c1ccccc1C(O)(c1ccccc1C(C)(C)CC)C(CO)(CO)CO.OP(O)OP(O)O. The smallest absolute Gasteiger partial charge is 0.334 e. The molecule has 0 atom stereocenters. The molecule has 0 saturated carbocycles. The van der Waals surface area contributed by atoms with Crippen LogP contribution in [-0.4, -0.2) is 59.8 Å². The molecule has 216 valence electrons. The Hall–Kier alpha value is -1.06. The van der Waals surface area contributed by atoms with Crippen LogP contribution in [0.15, 0.2) is 48.5 Å². The van der Waals surface area contributed by atoms with Gasteiger partial charge in [0, 0.05) is 0 Å². The molecule has 0 amide bonds. The summed E-state index contributed by atoms with van der Waals surface area (Å²) >= 11 is 0. The predicted molar refractivity (Wildman–Crippen MR) is 150 cm³/mol. The fourth-order valence-electron chi connectivity index (χ4n) is 4.43. The van der Waals surface area contributed by atoms with Crippen LogP contribution in [0.25, 0.3) is 0 Å². The van der Waals surface area contributed by atoms with Crippen molar-refractivity contribution in [3.63, 3.8) is 0 Å². The molecule has 0 saturated heterocycles. The van der Waals surface area contributed by atoms with Gasteiger partial charge in [-0.1, -0.05) is 90.1 Å². The lowest BCUT2D eigenvalue weighted by Gasteiger charge is -2.48. The zero-order valence-electron chi connectivity index (χ0n) is 23.0. The standard InChI is InChI=1S/C27H40O4.H4O5P2/c1-7-24(3,4)20-13-9-11-15-22(20)27(31,26(17-28,18-29)19-30)23-16-12-10-14-21(23)25(5,6)8-2;1-6(2)5-7(3)4/h9-16,28-31H,7-8,17-19H2,1-6H3;1-4H. The maximum absolute atomic E-state index is 12.7. The van der Waals surface area contributed by atoms with Crippen LogP contribution in [0, 0.1) is 5.41 Å². The lowest BCUT2D eigenvalue weighted by Crippen LogP contribution is -2.55. The summed E-state index contributed by atoms with van der Waals surface area (Å²) in [6.45, 7) is 11.0. The van der Waals surface area contributed by atoms with Gasteiger partial charge in [0.15, 0.2) is 0 Å². The maximum atomic E-state index is 12.7. The van der Waals surface area contributed by atoms with Crippen molar-refractivity contribution in [3.05, 3.63) is 70.8 Å². The Morgan fingerprint density at radius 3 is 1.11 bits per heavy atom. The fourth-order valence-corrected chi connectivity index (χ4v) is 4.96. The molecule has 0 spiro atoms. The third-order valence-electron chi connectivity index (χ3n) is 7.68. The van der Waals surface area contributed by atoms with E-state index in [2.05, 4.69) is 45.9 Å². The van der Waals surface area contributed by atoms with Crippen LogP contribution in [0.1, 0.15) is 76.6 Å². The topological polar surface area (TPSA) is 171 Å². The van der Waals surface area contributed by atoms with Crippen molar-refractivity contribution in [2.75, 3.05) is 19.8 Å². The van der Waals surface area contributed by atoms with Gasteiger partial charge >= 0.3 is 17.2 Å². The van der Waals surface area contributed by atoms with Gasteiger partial charge in [0.2, 0.25) is 0 Å². The zero-order valence-corrected chi connectivity index (χ0v) is 24.8. The number of aliphatic hydroxyl groups is 4. The minimum absolute atomic E-state index is 0.258. The molecular weight excluding hydrogens is 530 g/mol. The summed E-state index contributed by atoms with van der Waals surface area (Å²) in [6.07, 6.45) is 1.68. The first-order valence-corrected chi connectivity index (χ1v) is 14.8. The Kier molecular flexibility index (Phi) is 13.4. The third kappa shape index (κ3) is 7.57. The Bertz CT molecular complexity index is 918. The summed E-state index contributed by atoms with van der Waals surface area (Å²) < 4.78 is 3.60. The predicted octanol–water partition coefficient (Wildman–Crippen LogP) is 3.69. The first-order chi connectivity index (χ1) is 17.6.